The van der Waals surface area contributed by atoms with Crippen molar-refractivity contribution in [1.29, 1.82) is 0 Å². The number of halogens is 3. The number of nitrogens with one attached hydrogen (secondary N) is 3. The third-order valence-corrected chi connectivity index (χ3v) is 14.7. The summed E-state index contributed by atoms with van der Waals surface area (Å²) in [6, 6.07) is 11.1. The van der Waals surface area contributed by atoms with E-state index >= 15 is 8.78 Å². The number of aromatic nitrogens is 5. The van der Waals surface area contributed by atoms with Crippen LogP contribution < -0.4 is 36.0 Å². The number of aryl methyl sites for hydroxylation is 2. The van der Waals surface area contributed by atoms with Gasteiger partial charge in [0.2, 0.25) is 23.5 Å². The number of carbonyl (C=O) groups is 2. The molecular formula is C46H52ClF2N11O5. The van der Waals surface area contributed by atoms with Crippen molar-refractivity contribution in [2.45, 2.75) is 87.5 Å². The van der Waals surface area contributed by atoms with E-state index in [1.165, 1.54) is 4.57 Å². The molecule has 65 heavy (non-hydrogen) atoms. The SMILES string of the molecule is Cn1nc(C2CCC(=O)NC2=O)c2ccc(N3CCN([C@H]4C[C@H](OC5CCN(c6ncc(Cl)c(Nc7ccc8c(c7)c7c(c(=O)n8C)OCC(F)(F)[C@H](C8CC8)N7)n6)CC5)C4)CC3)cc21. The molecule has 6 aliphatic rings. The van der Waals surface area contributed by atoms with Crippen molar-refractivity contribution in [2.75, 3.05) is 66.3 Å². The number of piperazine rings is 1. The maximum Gasteiger partial charge on any atom is 0.301 e. The first-order chi connectivity index (χ1) is 31.4. The van der Waals surface area contributed by atoms with Gasteiger partial charge in [0.25, 0.3) is 5.56 Å². The fourth-order valence-electron chi connectivity index (χ4n) is 10.5. The predicted octanol–water partition coefficient (Wildman–Crippen LogP) is 5.69. The molecule has 2 aromatic carbocycles. The first-order valence-corrected chi connectivity index (χ1v) is 23.2. The average molecular weight is 912 g/mol. The fraction of sp³-hybridized carbons (Fsp3) is 0.522. The van der Waals surface area contributed by atoms with E-state index in [9.17, 15) is 14.4 Å². The number of imide groups is 1. The third-order valence-electron chi connectivity index (χ3n) is 14.4. The summed E-state index contributed by atoms with van der Waals surface area (Å²) in [7, 11) is 3.51. The first kappa shape index (κ1) is 42.1. The number of alkyl halides is 2. The van der Waals surface area contributed by atoms with E-state index in [4.69, 9.17) is 31.2 Å². The number of anilines is 5. The lowest BCUT2D eigenvalue weighted by molar-refractivity contribution is -0.134. The number of piperidine rings is 2. The number of hydrogen-bond donors (Lipinski definition) is 3. The highest BCUT2D eigenvalue weighted by Gasteiger charge is 2.51. The first-order valence-electron chi connectivity index (χ1n) is 22.8. The Balaban J connectivity index is 0.673. The van der Waals surface area contributed by atoms with Crippen molar-refractivity contribution in [3.05, 3.63) is 63.7 Å². The zero-order chi connectivity index (χ0) is 44.7. The van der Waals surface area contributed by atoms with Gasteiger partial charge >= 0.3 is 5.92 Å². The zero-order valence-electron chi connectivity index (χ0n) is 36.4. The van der Waals surface area contributed by atoms with Gasteiger partial charge < -0.3 is 34.5 Å². The standard InChI is InChI=1S/C46H52ClF2N11O5/c1-56-35-9-5-26(19-33(35)39-40(44(56)63)64-24-46(48,49)41(53-39)25-3-4-25)51-42-34(47)23-50-45(54-42)60-13-11-29(12-14-60)65-30-20-28(21-30)59-17-15-58(16-18-59)27-6-7-31-36(22-27)57(2)55-38(31)32-8-10-37(61)52-43(32)62/h5-7,9,19,22-23,25,28-30,32,41,53H,3-4,8,10-18,20-21,24H2,1-2H3,(H,50,51,54)(H,52,61,62)/t28-,30-,32?,41-/m0/s1. The quantitative estimate of drug-likeness (QED) is 0.155. The van der Waals surface area contributed by atoms with E-state index in [1.54, 1.807) is 31.4 Å². The molecule has 7 heterocycles. The van der Waals surface area contributed by atoms with E-state index in [0.717, 1.165) is 87.2 Å². The van der Waals surface area contributed by atoms with Gasteiger partial charge in [-0.1, -0.05) is 11.6 Å². The molecule has 16 nitrogen and oxygen atoms in total. The van der Waals surface area contributed by atoms with Gasteiger partial charge in [-0.05, 0) is 87.3 Å². The van der Waals surface area contributed by atoms with Gasteiger partial charge in [-0.25, -0.2) is 13.8 Å². The molecule has 2 atom stereocenters. The van der Waals surface area contributed by atoms with Crippen LogP contribution in [0.5, 0.6) is 5.75 Å². The molecule has 5 aromatic rings. The normalized spacial score (nSPS) is 25.1. The minimum atomic E-state index is -3.13. The van der Waals surface area contributed by atoms with E-state index in [2.05, 4.69) is 53.8 Å². The smallest absolute Gasteiger partial charge is 0.301 e. The zero-order valence-corrected chi connectivity index (χ0v) is 37.1. The Kier molecular flexibility index (Phi) is 10.6. The van der Waals surface area contributed by atoms with Gasteiger partial charge in [-0.2, -0.15) is 10.1 Å². The van der Waals surface area contributed by atoms with Crippen LogP contribution >= 0.6 is 11.6 Å². The van der Waals surface area contributed by atoms with E-state index in [-0.39, 0.29) is 41.4 Å². The summed E-state index contributed by atoms with van der Waals surface area (Å²) in [6.45, 7) is 4.44. The van der Waals surface area contributed by atoms with Gasteiger partial charge in [0.15, 0.2) is 12.4 Å². The number of amides is 2. The predicted molar refractivity (Wildman–Crippen MR) is 243 cm³/mol. The summed E-state index contributed by atoms with van der Waals surface area (Å²) in [5.41, 5.74) is 3.86. The second-order valence-corrected chi connectivity index (χ2v) is 19.0. The van der Waals surface area contributed by atoms with Crippen LogP contribution in [0.2, 0.25) is 5.02 Å². The molecule has 19 heteroatoms. The number of carbonyl (C=O) groups excluding carboxylic acids is 2. The summed E-state index contributed by atoms with van der Waals surface area (Å²) in [4.78, 5) is 54.1. The van der Waals surface area contributed by atoms with Crippen molar-refractivity contribution in [2.24, 2.45) is 20.0 Å². The second-order valence-electron chi connectivity index (χ2n) is 18.6. The number of hydrogen-bond acceptors (Lipinski definition) is 13. The van der Waals surface area contributed by atoms with Crippen molar-refractivity contribution in [3.63, 3.8) is 0 Å². The summed E-state index contributed by atoms with van der Waals surface area (Å²) in [6.07, 6.45) is 7.98. The van der Waals surface area contributed by atoms with Crippen molar-refractivity contribution < 1.29 is 27.8 Å². The Morgan fingerprint density at radius 3 is 2.43 bits per heavy atom. The maximum absolute atomic E-state index is 15.2. The summed E-state index contributed by atoms with van der Waals surface area (Å²) < 4.78 is 45.7. The maximum atomic E-state index is 15.2. The van der Waals surface area contributed by atoms with Crippen LogP contribution in [0, 0.1) is 5.92 Å². The van der Waals surface area contributed by atoms with Crippen LogP contribution in [0.25, 0.3) is 21.8 Å². The average Bonchev–Trinajstić information content (AvgIpc) is 4.09. The number of ether oxygens (including phenoxy) is 2. The Morgan fingerprint density at radius 1 is 0.892 bits per heavy atom. The molecule has 1 unspecified atom stereocenters. The molecule has 5 fully saturated rings. The fourth-order valence-corrected chi connectivity index (χ4v) is 10.6. The van der Waals surface area contributed by atoms with Crippen molar-refractivity contribution in [1.82, 2.24) is 34.5 Å². The molecule has 0 radical (unpaired) electrons. The lowest BCUT2D eigenvalue weighted by Crippen LogP contribution is -2.56. The topological polar surface area (TPSA) is 164 Å². The lowest BCUT2D eigenvalue weighted by Gasteiger charge is -2.47. The molecule has 342 valence electrons. The van der Waals surface area contributed by atoms with Crippen LogP contribution in [0.4, 0.5) is 37.6 Å². The number of nitrogens with zero attached hydrogens (tertiary/aromatic N) is 8. The van der Waals surface area contributed by atoms with Crippen LogP contribution in [0.1, 0.15) is 63.0 Å². The molecule has 11 rings (SSSR count). The molecule has 0 spiro atoms. The van der Waals surface area contributed by atoms with E-state index in [0.29, 0.717) is 65.1 Å². The Bertz CT molecular complexity index is 2760. The largest absolute Gasteiger partial charge is 0.480 e. The molecule has 4 aliphatic heterocycles. The number of benzene rings is 2. The highest BCUT2D eigenvalue weighted by molar-refractivity contribution is 6.33. The highest BCUT2D eigenvalue weighted by atomic mass is 35.5. The molecule has 3 aromatic heterocycles. The summed E-state index contributed by atoms with van der Waals surface area (Å²) in [5, 5.41) is 15.4. The van der Waals surface area contributed by atoms with Gasteiger partial charge in [0.05, 0.1) is 52.8 Å². The molecule has 2 aliphatic carbocycles. The lowest BCUT2D eigenvalue weighted by atomic mass is 9.87. The van der Waals surface area contributed by atoms with Gasteiger partial charge in [0, 0.05) is 88.0 Å². The van der Waals surface area contributed by atoms with Crippen LogP contribution in [0.15, 0.2) is 47.4 Å². The van der Waals surface area contributed by atoms with Crippen LogP contribution in [-0.2, 0) is 28.4 Å². The highest BCUT2D eigenvalue weighted by Crippen LogP contribution is 2.46. The van der Waals surface area contributed by atoms with Gasteiger partial charge in [-0.3, -0.25) is 29.3 Å². The van der Waals surface area contributed by atoms with E-state index in [1.807, 2.05) is 11.7 Å². The van der Waals surface area contributed by atoms with Gasteiger partial charge in [-0.15, -0.1) is 0 Å². The van der Waals surface area contributed by atoms with Crippen LogP contribution in [0.3, 0.4) is 0 Å². The van der Waals surface area contributed by atoms with E-state index < -0.39 is 30.0 Å². The summed E-state index contributed by atoms with van der Waals surface area (Å²) in [5.74, 6) is -3.37. The Hall–Kier alpha value is -5.59. The molecule has 3 saturated heterocycles. The Labute approximate surface area is 378 Å². The number of fused-ring (bicyclic) bond motifs is 4. The second kappa shape index (κ2) is 16.4. The minimum absolute atomic E-state index is 0.107. The molecule has 2 saturated carbocycles. The number of rotatable bonds is 9. The van der Waals surface area contributed by atoms with Crippen molar-refractivity contribution in [3.8, 4) is 5.75 Å². The summed E-state index contributed by atoms with van der Waals surface area (Å²) >= 11 is 6.63. The minimum Gasteiger partial charge on any atom is -0.480 e. The van der Waals surface area contributed by atoms with Crippen molar-refractivity contribution >= 4 is 74.0 Å². The third kappa shape index (κ3) is 7.90. The number of pyridine rings is 1. The molecule has 2 amide bonds. The van der Waals surface area contributed by atoms with Gasteiger partial charge in [0.1, 0.15) is 5.02 Å². The molecule has 3 N–H and O–H groups in total. The monoisotopic (exact) mass is 911 g/mol. The molecular weight excluding hydrogens is 860 g/mol. The van der Waals surface area contributed by atoms with Crippen LogP contribution in [-0.4, -0.2) is 117 Å². The Morgan fingerprint density at radius 2 is 1.68 bits per heavy atom. The molecule has 0 bridgehead atoms.